The first kappa shape index (κ1) is 18.9. The summed E-state index contributed by atoms with van der Waals surface area (Å²) < 4.78 is 32.1. The molecule has 0 bridgehead atoms. The van der Waals surface area contributed by atoms with E-state index in [0.717, 1.165) is 19.5 Å². The van der Waals surface area contributed by atoms with E-state index in [1.54, 1.807) is 19.2 Å². The fraction of sp³-hybridized carbons (Fsp3) is 0.562. The largest absolute Gasteiger partial charge is 0.368 e. The lowest BCUT2D eigenvalue weighted by molar-refractivity contribution is -0.140. The predicted molar refractivity (Wildman–Crippen MR) is 92.4 cm³/mol. The summed E-state index contributed by atoms with van der Waals surface area (Å²) in [5, 5.41) is 6.02. The highest BCUT2D eigenvalue weighted by Gasteiger charge is 2.39. The van der Waals surface area contributed by atoms with Crippen molar-refractivity contribution in [1.29, 1.82) is 0 Å². The average Bonchev–Trinajstić information content (AvgIpc) is 2.61. The molecule has 1 aliphatic rings. The summed E-state index contributed by atoms with van der Waals surface area (Å²) in [6.07, 6.45) is 1.92. The number of sulfonamides is 1. The average molecular weight is 355 g/mol. The minimum atomic E-state index is -3.50. The minimum Gasteiger partial charge on any atom is -0.368 e. The summed E-state index contributed by atoms with van der Waals surface area (Å²) in [5.41, 5.74) is -0.289. The molecule has 0 aromatic heterocycles. The summed E-state index contributed by atoms with van der Waals surface area (Å²) in [7, 11) is -1.96. The summed E-state index contributed by atoms with van der Waals surface area (Å²) in [4.78, 5) is 12.7. The third-order valence-electron chi connectivity index (χ3n) is 4.18. The topological polar surface area (TPSA) is 96.5 Å². The quantitative estimate of drug-likeness (QED) is 0.680. The summed E-state index contributed by atoms with van der Waals surface area (Å²) >= 11 is 0. The standard InChI is InChI=1S/C16H25N3O4S/c1-3-10-18-24(21,22)14-6-4-13(5-7-14)19-15(20)16(23-2)8-11-17-12-9-16/h4-7,17-18H,3,8-12H2,1-2H3,(H,19,20). The zero-order chi connectivity index (χ0) is 17.6. The van der Waals surface area contributed by atoms with E-state index < -0.39 is 15.6 Å². The Morgan fingerprint density at radius 3 is 2.42 bits per heavy atom. The predicted octanol–water partition coefficient (Wildman–Crippen LogP) is 1.08. The van der Waals surface area contributed by atoms with Crippen molar-refractivity contribution in [2.75, 3.05) is 32.1 Å². The van der Waals surface area contributed by atoms with Crippen LogP contribution in [0.2, 0.25) is 0 Å². The summed E-state index contributed by atoms with van der Waals surface area (Å²) in [6.45, 7) is 3.74. The highest BCUT2D eigenvalue weighted by Crippen LogP contribution is 2.25. The van der Waals surface area contributed by atoms with Crippen molar-refractivity contribution in [2.45, 2.75) is 36.7 Å². The van der Waals surface area contributed by atoms with E-state index in [0.29, 0.717) is 25.1 Å². The molecule has 0 aliphatic carbocycles. The number of carbonyl (C=O) groups is 1. The van der Waals surface area contributed by atoms with Gasteiger partial charge in [0.15, 0.2) is 0 Å². The van der Waals surface area contributed by atoms with E-state index in [1.165, 1.54) is 12.1 Å². The van der Waals surface area contributed by atoms with Crippen LogP contribution in [0.5, 0.6) is 0 Å². The van der Waals surface area contributed by atoms with Gasteiger partial charge in [-0.25, -0.2) is 13.1 Å². The molecule has 7 nitrogen and oxygen atoms in total. The van der Waals surface area contributed by atoms with Crippen LogP contribution in [0.4, 0.5) is 5.69 Å². The number of benzene rings is 1. The van der Waals surface area contributed by atoms with Crippen LogP contribution < -0.4 is 15.4 Å². The van der Waals surface area contributed by atoms with Crippen LogP contribution in [0.15, 0.2) is 29.2 Å². The number of hydrogen-bond donors (Lipinski definition) is 3. The Morgan fingerprint density at radius 2 is 1.88 bits per heavy atom. The van der Waals surface area contributed by atoms with Gasteiger partial charge < -0.3 is 15.4 Å². The summed E-state index contributed by atoms with van der Waals surface area (Å²) in [6, 6.07) is 6.14. The van der Waals surface area contributed by atoms with E-state index in [1.807, 2.05) is 6.92 Å². The number of piperidine rings is 1. The molecule has 1 aliphatic heterocycles. The molecule has 24 heavy (non-hydrogen) atoms. The van der Waals surface area contributed by atoms with Crippen molar-refractivity contribution in [3.05, 3.63) is 24.3 Å². The van der Waals surface area contributed by atoms with Gasteiger partial charge in [-0.3, -0.25) is 4.79 Å². The third kappa shape index (κ3) is 4.32. The Morgan fingerprint density at radius 1 is 1.25 bits per heavy atom. The maximum absolute atomic E-state index is 12.5. The molecule has 1 saturated heterocycles. The van der Waals surface area contributed by atoms with E-state index in [4.69, 9.17) is 4.74 Å². The van der Waals surface area contributed by atoms with Crippen molar-refractivity contribution < 1.29 is 17.9 Å². The Balaban J connectivity index is 2.07. The molecule has 0 saturated carbocycles. The van der Waals surface area contributed by atoms with Crippen LogP contribution >= 0.6 is 0 Å². The molecule has 1 fully saturated rings. The van der Waals surface area contributed by atoms with Gasteiger partial charge in [0.05, 0.1) is 4.90 Å². The Kier molecular flexibility index (Phi) is 6.34. The monoisotopic (exact) mass is 355 g/mol. The maximum atomic E-state index is 12.5. The lowest BCUT2D eigenvalue weighted by Crippen LogP contribution is -2.51. The molecule has 8 heteroatoms. The number of methoxy groups -OCH3 is 1. The van der Waals surface area contributed by atoms with Gasteiger partial charge in [0.1, 0.15) is 5.60 Å². The third-order valence-corrected chi connectivity index (χ3v) is 5.66. The summed E-state index contributed by atoms with van der Waals surface area (Å²) in [5.74, 6) is -0.203. The van der Waals surface area contributed by atoms with E-state index >= 15 is 0 Å². The number of hydrogen-bond acceptors (Lipinski definition) is 5. The molecule has 134 valence electrons. The normalized spacial score (nSPS) is 17.4. The van der Waals surface area contributed by atoms with Crippen LogP contribution in [0, 0.1) is 0 Å². The lowest BCUT2D eigenvalue weighted by atomic mass is 9.91. The van der Waals surface area contributed by atoms with Crippen molar-refractivity contribution in [3.63, 3.8) is 0 Å². The molecule has 0 spiro atoms. The fourth-order valence-electron chi connectivity index (χ4n) is 2.64. The molecular weight excluding hydrogens is 330 g/mol. The SMILES string of the molecule is CCCNS(=O)(=O)c1ccc(NC(=O)C2(OC)CCNCC2)cc1. The smallest absolute Gasteiger partial charge is 0.256 e. The van der Waals surface area contributed by atoms with Gasteiger partial charge in [0.2, 0.25) is 10.0 Å². The Hall–Kier alpha value is -1.48. The van der Waals surface area contributed by atoms with Crippen LogP contribution in [0.25, 0.3) is 0 Å². The highest BCUT2D eigenvalue weighted by molar-refractivity contribution is 7.89. The van der Waals surface area contributed by atoms with E-state index in [9.17, 15) is 13.2 Å². The molecular formula is C16H25N3O4S. The van der Waals surface area contributed by atoms with Crippen molar-refractivity contribution in [2.24, 2.45) is 0 Å². The molecule has 3 N–H and O–H groups in total. The van der Waals surface area contributed by atoms with E-state index in [-0.39, 0.29) is 10.8 Å². The van der Waals surface area contributed by atoms with Gasteiger partial charge in [-0.2, -0.15) is 0 Å². The Bertz CT molecular complexity index is 652. The second-order valence-corrected chi connectivity index (χ2v) is 7.59. The van der Waals surface area contributed by atoms with Crippen LogP contribution in [-0.2, 0) is 19.6 Å². The second kappa shape index (κ2) is 8.06. The molecule has 0 atom stereocenters. The van der Waals surface area contributed by atoms with E-state index in [2.05, 4.69) is 15.4 Å². The van der Waals surface area contributed by atoms with Crippen molar-refractivity contribution >= 4 is 21.6 Å². The molecule has 1 aromatic carbocycles. The van der Waals surface area contributed by atoms with Gasteiger partial charge in [-0.15, -0.1) is 0 Å². The van der Waals surface area contributed by atoms with Crippen LogP contribution in [0.3, 0.4) is 0 Å². The minimum absolute atomic E-state index is 0.178. The lowest BCUT2D eigenvalue weighted by Gasteiger charge is -2.34. The first-order chi connectivity index (χ1) is 11.4. The number of amides is 1. The van der Waals surface area contributed by atoms with Crippen molar-refractivity contribution in [1.82, 2.24) is 10.0 Å². The van der Waals surface area contributed by atoms with Gasteiger partial charge in [-0.1, -0.05) is 6.92 Å². The fourth-order valence-corrected chi connectivity index (χ4v) is 3.77. The van der Waals surface area contributed by atoms with Gasteiger partial charge in [0, 0.05) is 19.3 Å². The van der Waals surface area contributed by atoms with Crippen LogP contribution in [-0.4, -0.2) is 46.7 Å². The molecule has 1 aromatic rings. The number of rotatable bonds is 7. The number of carbonyl (C=O) groups excluding carboxylic acids is 1. The molecule has 1 heterocycles. The number of anilines is 1. The Labute approximate surface area is 143 Å². The van der Waals surface area contributed by atoms with Crippen LogP contribution in [0.1, 0.15) is 26.2 Å². The maximum Gasteiger partial charge on any atom is 0.256 e. The second-order valence-electron chi connectivity index (χ2n) is 5.82. The molecule has 0 unspecified atom stereocenters. The van der Waals surface area contributed by atoms with Crippen molar-refractivity contribution in [3.8, 4) is 0 Å². The van der Waals surface area contributed by atoms with Gasteiger partial charge in [0.25, 0.3) is 5.91 Å². The first-order valence-corrected chi connectivity index (χ1v) is 9.59. The molecule has 2 rings (SSSR count). The zero-order valence-electron chi connectivity index (χ0n) is 14.1. The number of ether oxygens (including phenoxy) is 1. The highest BCUT2D eigenvalue weighted by atomic mass is 32.2. The molecule has 0 radical (unpaired) electrons. The van der Waals surface area contributed by atoms with Gasteiger partial charge >= 0.3 is 0 Å². The number of nitrogens with one attached hydrogen (secondary N) is 3. The molecule has 1 amide bonds. The van der Waals surface area contributed by atoms with Gasteiger partial charge in [-0.05, 0) is 56.6 Å². The zero-order valence-corrected chi connectivity index (χ0v) is 14.9. The first-order valence-electron chi connectivity index (χ1n) is 8.10.